The Balaban J connectivity index is 1.74. The first-order chi connectivity index (χ1) is 10.2. The van der Waals surface area contributed by atoms with Gasteiger partial charge in [-0.05, 0) is 12.6 Å². The maximum absolute atomic E-state index is 12.0. The molecule has 0 unspecified atom stereocenters. The summed E-state index contributed by atoms with van der Waals surface area (Å²) in [6.07, 6.45) is 0.909. The lowest BCUT2D eigenvalue weighted by Crippen LogP contribution is -2.29. The second-order valence-corrected chi connectivity index (χ2v) is 5.85. The number of carbonyl (C=O) groups excluding carboxylic acids is 1. The fourth-order valence-corrected chi connectivity index (χ4v) is 3.25. The molecule has 7 nitrogen and oxygen atoms in total. The maximum atomic E-state index is 12.0. The predicted molar refractivity (Wildman–Crippen MR) is 79.6 cm³/mol. The number of hydrogen-bond acceptors (Lipinski definition) is 6. The summed E-state index contributed by atoms with van der Waals surface area (Å²) in [5.74, 6) is -0.371. The fraction of sp³-hybridized carbons (Fsp3) is 0.385. The van der Waals surface area contributed by atoms with Crippen molar-refractivity contribution in [3.8, 4) is 0 Å². The average Bonchev–Trinajstić information content (AvgIpc) is 2.88. The third kappa shape index (κ3) is 3.01. The minimum Gasteiger partial charge on any atom is -0.298 e. The van der Waals surface area contributed by atoms with E-state index in [4.69, 9.17) is 0 Å². The Morgan fingerprint density at radius 1 is 1.52 bits per heavy atom. The molecule has 2 aromatic rings. The van der Waals surface area contributed by atoms with Crippen LogP contribution in [0.1, 0.15) is 28.0 Å². The number of likely N-dealkylation sites (N-methyl/N-ethyl adjacent to an activating group) is 1. The third-order valence-corrected chi connectivity index (χ3v) is 4.39. The molecule has 2 aromatic heterocycles. The highest BCUT2D eigenvalue weighted by molar-refractivity contribution is 7.15. The van der Waals surface area contributed by atoms with Gasteiger partial charge in [0.15, 0.2) is 5.13 Å². The maximum Gasteiger partial charge on any atom is 0.277 e. The van der Waals surface area contributed by atoms with Crippen LogP contribution >= 0.6 is 11.3 Å². The number of thiazole rings is 1. The van der Waals surface area contributed by atoms with Gasteiger partial charge in [-0.3, -0.25) is 19.8 Å². The summed E-state index contributed by atoms with van der Waals surface area (Å²) in [5, 5.41) is 9.25. The van der Waals surface area contributed by atoms with Crippen molar-refractivity contribution in [1.29, 1.82) is 0 Å². The summed E-state index contributed by atoms with van der Waals surface area (Å²) >= 11 is 1.50. The molecule has 0 fully saturated rings. The lowest BCUT2D eigenvalue weighted by molar-refractivity contribution is 0.102. The van der Waals surface area contributed by atoms with Crippen molar-refractivity contribution in [2.45, 2.75) is 19.9 Å². The van der Waals surface area contributed by atoms with Gasteiger partial charge < -0.3 is 0 Å². The Labute approximate surface area is 125 Å². The lowest BCUT2D eigenvalue weighted by Gasteiger charge is -2.23. The molecule has 110 valence electrons. The van der Waals surface area contributed by atoms with Crippen molar-refractivity contribution in [2.75, 3.05) is 18.4 Å². The Bertz CT molecular complexity index is 703. The van der Waals surface area contributed by atoms with E-state index in [2.05, 4.69) is 32.3 Å². The first-order valence-corrected chi connectivity index (χ1v) is 7.55. The molecule has 1 aliphatic rings. The number of amides is 1. The highest BCUT2D eigenvalue weighted by Crippen LogP contribution is 2.28. The van der Waals surface area contributed by atoms with E-state index in [1.54, 1.807) is 0 Å². The van der Waals surface area contributed by atoms with Crippen LogP contribution in [0.4, 0.5) is 5.13 Å². The molecule has 21 heavy (non-hydrogen) atoms. The van der Waals surface area contributed by atoms with Crippen molar-refractivity contribution >= 4 is 22.4 Å². The van der Waals surface area contributed by atoms with E-state index in [1.807, 2.05) is 0 Å². The number of aromatic amines is 1. The molecular formula is C13H15N5O2S. The summed E-state index contributed by atoms with van der Waals surface area (Å²) < 4.78 is 0. The molecule has 1 aliphatic heterocycles. The molecule has 0 atom stereocenters. The van der Waals surface area contributed by atoms with Crippen LogP contribution in [-0.4, -0.2) is 39.1 Å². The molecule has 0 radical (unpaired) electrons. The first kappa shape index (κ1) is 13.9. The number of H-pyrrole nitrogens is 1. The van der Waals surface area contributed by atoms with Crippen LogP contribution in [0.15, 0.2) is 16.9 Å². The standard InChI is InChI=1S/C13H15N5O2S/c1-2-18-6-5-8-10(7-18)21-13(14-8)15-12(20)9-3-4-11(19)17-16-9/h3-4H,2,5-7H2,1H3,(H,17,19)(H,14,15,20). The highest BCUT2D eigenvalue weighted by atomic mass is 32.1. The topological polar surface area (TPSA) is 91.0 Å². The molecule has 3 heterocycles. The predicted octanol–water partition coefficient (Wildman–Crippen LogP) is 0.857. The Morgan fingerprint density at radius 3 is 3.10 bits per heavy atom. The monoisotopic (exact) mass is 305 g/mol. The normalized spacial score (nSPS) is 14.7. The van der Waals surface area contributed by atoms with E-state index in [0.29, 0.717) is 5.13 Å². The van der Waals surface area contributed by atoms with Gasteiger partial charge in [-0.25, -0.2) is 10.1 Å². The second-order valence-electron chi connectivity index (χ2n) is 4.77. The van der Waals surface area contributed by atoms with Gasteiger partial charge in [0.1, 0.15) is 5.69 Å². The van der Waals surface area contributed by atoms with Crippen LogP contribution in [0.5, 0.6) is 0 Å². The number of nitrogens with one attached hydrogen (secondary N) is 2. The molecule has 2 N–H and O–H groups in total. The minimum atomic E-state index is -0.371. The second kappa shape index (κ2) is 5.74. The van der Waals surface area contributed by atoms with E-state index < -0.39 is 0 Å². The molecule has 0 saturated carbocycles. The highest BCUT2D eigenvalue weighted by Gasteiger charge is 2.20. The summed E-state index contributed by atoms with van der Waals surface area (Å²) in [6, 6.07) is 2.66. The third-order valence-electron chi connectivity index (χ3n) is 3.39. The van der Waals surface area contributed by atoms with Crippen LogP contribution in [0.3, 0.4) is 0 Å². The van der Waals surface area contributed by atoms with Crippen LogP contribution in [0.2, 0.25) is 0 Å². The fourth-order valence-electron chi connectivity index (χ4n) is 2.20. The molecule has 0 bridgehead atoms. The van der Waals surface area contributed by atoms with Crippen LogP contribution in [0.25, 0.3) is 0 Å². The number of nitrogens with zero attached hydrogens (tertiary/aromatic N) is 3. The molecule has 0 spiro atoms. The van der Waals surface area contributed by atoms with Crippen molar-refractivity contribution in [3.63, 3.8) is 0 Å². The molecule has 1 amide bonds. The van der Waals surface area contributed by atoms with Gasteiger partial charge in [0.05, 0.1) is 5.69 Å². The van der Waals surface area contributed by atoms with Crippen molar-refractivity contribution in [1.82, 2.24) is 20.1 Å². The molecular weight excluding hydrogens is 290 g/mol. The number of fused-ring (bicyclic) bond motifs is 1. The van der Waals surface area contributed by atoms with Crippen molar-refractivity contribution < 1.29 is 4.79 Å². The SMILES string of the molecule is CCN1CCc2nc(NC(=O)c3ccc(=O)[nH]n3)sc2C1. The van der Waals surface area contributed by atoms with E-state index in [9.17, 15) is 9.59 Å². The van der Waals surface area contributed by atoms with E-state index in [-0.39, 0.29) is 17.2 Å². The van der Waals surface area contributed by atoms with Gasteiger partial charge in [0.25, 0.3) is 11.5 Å². The van der Waals surface area contributed by atoms with E-state index in [0.717, 1.165) is 31.7 Å². The smallest absolute Gasteiger partial charge is 0.277 e. The number of anilines is 1. The molecule has 3 rings (SSSR count). The van der Waals surface area contributed by atoms with E-state index >= 15 is 0 Å². The van der Waals surface area contributed by atoms with Crippen molar-refractivity contribution in [2.24, 2.45) is 0 Å². The summed E-state index contributed by atoms with van der Waals surface area (Å²) in [7, 11) is 0. The Morgan fingerprint density at radius 2 is 2.38 bits per heavy atom. The summed E-state index contributed by atoms with van der Waals surface area (Å²) in [6.45, 7) is 5.04. The number of rotatable bonds is 3. The molecule has 8 heteroatoms. The zero-order valence-electron chi connectivity index (χ0n) is 11.5. The molecule has 0 saturated heterocycles. The largest absolute Gasteiger partial charge is 0.298 e. The Hall–Kier alpha value is -2.06. The van der Waals surface area contributed by atoms with Gasteiger partial charge in [0, 0.05) is 30.5 Å². The number of hydrogen-bond donors (Lipinski definition) is 2. The van der Waals surface area contributed by atoms with Crippen LogP contribution in [0, 0.1) is 0 Å². The van der Waals surface area contributed by atoms with Gasteiger partial charge >= 0.3 is 0 Å². The van der Waals surface area contributed by atoms with Gasteiger partial charge in [-0.2, -0.15) is 5.10 Å². The van der Waals surface area contributed by atoms with Crippen LogP contribution < -0.4 is 10.9 Å². The lowest BCUT2D eigenvalue weighted by atomic mass is 10.2. The minimum absolute atomic E-state index is 0.165. The van der Waals surface area contributed by atoms with Crippen molar-refractivity contribution in [3.05, 3.63) is 38.8 Å². The average molecular weight is 305 g/mol. The van der Waals surface area contributed by atoms with Crippen LogP contribution in [-0.2, 0) is 13.0 Å². The zero-order chi connectivity index (χ0) is 14.8. The molecule has 0 aromatic carbocycles. The zero-order valence-corrected chi connectivity index (χ0v) is 12.4. The Kier molecular flexibility index (Phi) is 3.80. The van der Waals surface area contributed by atoms with Gasteiger partial charge in [-0.15, -0.1) is 11.3 Å². The number of aromatic nitrogens is 3. The van der Waals surface area contributed by atoms with Gasteiger partial charge in [0.2, 0.25) is 0 Å². The molecule has 0 aliphatic carbocycles. The summed E-state index contributed by atoms with van der Waals surface area (Å²) in [5.41, 5.74) is 0.892. The number of carbonyl (C=O) groups is 1. The quantitative estimate of drug-likeness (QED) is 0.877. The first-order valence-electron chi connectivity index (χ1n) is 6.73. The van der Waals surface area contributed by atoms with E-state index in [1.165, 1.54) is 28.3 Å². The van der Waals surface area contributed by atoms with Gasteiger partial charge in [-0.1, -0.05) is 6.92 Å². The summed E-state index contributed by atoms with van der Waals surface area (Å²) in [4.78, 5) is 31.0.